The predicted octanol–water partition coefficient (Wildman–Crippen LogP) is -0.0142. The van der Waals surface area contributed by atoms with Crippen LogP contribution in [0.3, 0.4) is 0 Å². The van der Waals surface area contributed by atoms with Crippen molar-refractivity contribution in [3.63, 3.8) is 0 Å². The van der Waals surface area contributed by atoms with Gasteiger partial charge in [0.15, 0.2) is 0 Å². The van der Waals surface area contributed by atoms with E-state index in [0.717, 1.165) is 5.92 Å². The number of hydrogen-bond donors (Lipinski definition) is 1. The third-order valence-corrected chi connectivity index (χ3v) is 4.25. The molecule has 3 aliphatic heterocycles. The lowest BCUT2D eigenvalue weighted by molar-refractivity contribution is 0.0916. The monoisotopic (exact) mass is 195 g/mol. The average Bonchev–Trinajstić information content (AvgIpc) is 2.68. The second-order valence-electron chi connectivity index (χ2n) is 5.51. The molecule has 1 aliphatic carbocycles. The normalized spacial score (nSPS) is 43.9. The summed E-state index contributed by atoms with van der Waals surface area (Å²) < 4.78 is 0. The molecular weight excluding hydrogens is 174 g/mol. The molecule has 0 unspecified atom stereocenters. The highest BCUT2D eigenvalue weighted by Crippen LogP contribution is 2.43. The summed E-state index contributed by atoms with van der Waals surface area (Å²) in [6.07, 6.45) is 2.89. The minimum Gasteiger partial charge on any atom is -0.310 e. The molecule has 1 saturated carbocycles. The molecule has 0 atom stereocenters. The van der Waals surface area contributed by atoms with Gasteiger partial charge in [0.2, 0.25) is 0 Å². The van der Waals surface area contributed by atoms with Crippen molar-refractivity contribution in [1.29, 1.82) is 0 Å². The largest absolute Gasteiger partial charge is 0.310 e. The molecule has 0 amide bonds. The van der Waals surface area contributed by atoms with Crippen molar-refractivity contribution >= 4 is 0 Å². The lowest BCUT2D eigenvalue weighted by Crippen LogP contribution is -2.56. The molecule has 0 aromatic heterocycles. The van der Waals surface area contributed by atoms with E-state index in [1.807, 2.05) is 0 Å². The highest BCUT2D eigenvalue weighted by Gasteiger charge is 2.50. The third kappa shape index (κ3) is 1.47. The molecule has 3 saturated heterocycles. The number of hydrogen-bond acceptors (Lipinski definition) is 3. The Morgan fingerprint density at radius 3 is 2.50 bits per heavy atom. The Labute approximate surface area is 86.4 Å². The lowest BCUT2D eigenvalue weighted by Gasteiger charge is -2.43. The van der Waals surface area contributed by atoms with Crippen LogP contribution in [-0.2, 0) is 0 Å². The minimum absolute atomic E-state index is 0.542. The van der Waals surface area contributed by atoms with Gasteiger partial charge in [0.1, 0.15) is 0 Å². The van der Waals surface area contributed by atoms with Gasteiger partial charge in [-0.25, -0.2) is 0 Å². The second kappa shape index (κ2) is 3.19. The van der Waals surface area contributed by atoms with E-state index in [0.29, 0.717) is 5.54 Å². The van der Waals surface area contributed by atoms with E-state index in [9.17, 15) is 0 Å². The molecule has 0 aromatic carbocycles. The maximum atomic E-state index is 3.71. The SMILES string of the molecule is CN1CCN(CC23CC(CN2)C3)CC1. The highest BCUT2D eigenvalue weighted by molar-refractivity contribution is 5.10. The highest BCUT2D eigenvalue weighted by atomic mass is 15.3. The van der Waals surface area contributed by atoms with Gasteiger partial charge in [0.25, 0.3) is 0 Å². The molecule has 3 heterocycles. The number of piperazine rings is 1. The molecule has 3 heteroatoms. The van der Waals surface area contributed by atoms with Crippen LogP contribution in [0.5, 0.6) is 0 Å². The molecule has 1 N–H and O–H groups in total. The van der Waals surface area contributed by atoms with Crippen LogP contribution < -0.4 is 5.32 Å². The molecule has 4 fully saturated rings. The molecule has 3 nitrogen and oxygen atoms in total. The third-order valence-electron chi connectivity index (χ3n) is 4.25. The maximum absolute atomic E-state index is 3.71. The zero-order chi connectivity index (χ0) is 9.60. The summed E-state index contributed by atoms with van der Waals surface area (Å²) in [7, 11) is 2.23. The van der Waals surface area contributed by atoms with Crippen molar-refractivity contribution < 1.29 is 0 Å². The number of nitrogens with zero attached hydrogens (tertiary/aromatic N) is 2. The predicted molar refractivity (Wildman–Crippen MR) is 57.4 cm³/mol. The van der Waals surface area contributed by atoms with E-state index in [1.54, 1.807) is 0 Å². The van der Waals surface area contributed by atoms with Crippen molar-refractivity contribution in [2.75, 3.05) is 46.3 Å². The van der Waals surface area contributed by atoms with Crippen LogP contribution in [0.25, 0.3) is 0 Å². The molecular formula is C11H21N3. The number of nitrogens with one attached hydrogen (secondary N) is 1. The Morgan fingerprint density at radius 2 is 1.93 bits per heavy atom. The average molecular weight is 195 g/mol. The van der Waals surface area contributed by atoms with Crippen LogP contribution in [-0.4, -0.2) is 61.7 Å². The van der Waals surface area contributed by atoms with Gasteiger partial charge >= 0.3 is 0 Å². The van der Waals surface area contributed by atoms with Crippen LogP contribution in [0.4, 0.5) is 0 Å². The smallest absolute Gasteiger partial charge is 0.0315 e. The van der Waals surface area contributed by atoms with Crippen molar-refractivity contribution in [2.24, 2.45) is 5.92 Å². The molecule has 80 valence electrons. The van der Waals surface area contributed by atoms with E-state index in [2.05, 4.69) is 22.2 Å². The molecule has 2 bridgehead atoms. The first-order valence-electron chi connectivity index (χ1n) is 5.92. The summed E-state index contributed by atoms with van der Waals surface area (Å²) in [4.78, 5) is 5.08. The fourth-order valence-electron chi connectivity index (χ4n) is 3.31. The van der Waals surface area contributed by atoms with Crippen molar-refractivity contribution in [3.05, 3.63) is 0 Å². The standard InChI is InChI=1S/C11H21N3/c1-13-2-4-14(5-3-13)9-11-6-10(7-11)8-12-11/h10,12H,2-9H2,1H3. The van der Waals surface area contributed by atoms with Gasteiger partial charge in [-0.15, -0.1) is 0 Å². The number of rotatable bonds is 2. The van der Waals surface area contributed by atoms with Gasteiger partial charge in [0, 0.05) is 38.3 Å². The Kier molecular flexibility index (Phi) is 2.08. The number of fused-ring (bicyclic) bond motifs is 1. The van der Waals surface area contributed by atoms with E-state index in [1.165, 1.54) is 52.1 Å². The first-order valence-corrected chi connectivity index (χ1v) is 5.92. The zero-order valence-electron chi connectivity index (χ0n) is 9.13. The quantitative estimate of drug-likeness (QED) is 0.668. The van der Waals surface area contributed by atoms with E-state index in [4.69, 9.17) is 0 Å². The van der Waals surface area contributed by atoms with Crippen LogP contribution >= 0.6 is 0 Å². The van der Waals surface area contributed by atoms with Gasteiger partial charge in [-0.1, -0.05) is 0 Å². The van der Waals surface area contributed by atoms with Gasteiger partial charge in [0.05, 0.1) is 0 Å². The first-order chi connectivity index (χ1) is 6.76. The summed E-state index contributed by atoms with van der Waals surface area (Å²) in [5.41, 5.74) is 0.542. The molecule has 0 radical (unpaired) electrons. The first kappa shape index (κ1) is 9.13. The Morgan fingerprint density at radius 1 is 1.21 bits per heavy atom. The topological polar surface area (TPSA) is 18.5 Å². The number of likely N-dealkylation sites (N-methyl/N-ethyl adjacent to an activating group) is 1. The van der Waals surface area contributed by atoms with E-state index in [-0.39, 0.29) is 0 Å². The summed E-state index contributed by atoms with van der Waals surface area (Å²) >= 11 is 0. The lowest BCUT2D eigenvalue weighted by atomic mass is 9.73. The van der Waals surface area contributed by atoms with E-state index >= 15 is 0 Å². The zero-order valence-corrected chi connectivity index (χ0v) is 9.13. The van der Waals surface area contributed by atoms with Crippen LogP contribution in [0.2, 0.25) is 0 Å². The summed E-state index contributed by atoms with van der Waals surface area (Å²) in [5.74, 6) is 1.02. The molecule has 4 rings (SSSR count). The summed E-state index contributed by atoms with van der Waals surface area (Å²) in [6, 6.07) is 0. The summed E-state index contributed by atoms with van der Waals surface area (Å²) in [5, 5.41) is 3.71. The Hall–Kier alpha value is -0.120. The van der Waals surface area contributed by atoms with Crippen molar-refractivity contribution in [1.82, 2.24) is 15.1 Å². The molecule has 14 heavy (non-hydrogen) atoms. The van der Waals surface area contributed by atoms with Crippen molar-refractivity contribution in [3.8, 4) is 0 Å². The molecule has 0 spiro atoms. The second-order valence-corrected chi connectivity index (χ2v) is 5.51. The van der Waals surface area contributed by atoms with Gasteiger partial charge in [-0.3, -0.25) is 4.90 Å². The van der Waals surface area contributed by atoms with Crippen molar-refractivity contribution in [2.45, 2.75) is 18.4 Å². The van der Waals surface area contributed by atoms with Crippen LogP contribution in [0, 0.1) is 5.92 Å². The van der Waals surface area contributed by atoms with E-state index < -0.39 is 0 Å². The Balaban J connectivity index is 1.53. The van der Waals surface area contributed by atoms with Crippen LogP contribution in [0.1, 0.15) is 12.8 Å². The Bertz CT molecular complexity index is 209. The van der Waals surface area contributed by atoms with Gasteiger partial charge < -0.3 is 10.2 Å². The fourth-order valence-corrected chi connectivity index (χ4v) is 3.31. The maximum Gasteiger partial charge on any atom is 0.0315 e. The van der Waals surface area contributed by atoms with Crippen LogP contribution in [0.15, 0.2) is 0 Å². The molecule has 4 aliphatic rings. The fraction of sp³-hybridized carbons (Fsp3) is 1.00. The molecule has 0 aromatic rings. The van der Waals surface area contributed by atoms with Gasteiger partial charge in [-0.2, -0.15) is 0 Å². The minimum atomic E-state index is 0.542. The van der Waals surface area contributed by atoms with Gasteiger partial charge in [-0.05, 0) is 32.4 Å². The summed E-state index contributed by atoms with van der Waals surface area (Å²) in [6.45, 7) is 7.62.